The van der Waals surface area contributed by atoms with E-state index in [1.807, 2.05) is 0 Å². The van der Waals surface area contributed by atoms with Crippen molar-refractivity contribution in [2.75, 3.05) is 7.11 Å². The number of methoxy groups -OCH3 is 1. The highest BCUT2D eigenvalue weighted by atomic mass is 32.1. The third-order valence-corrected chi connectivity index (χ3v) is 1.55. The van der Waals surface area contributed by atoms with E-state index in [1.54, 1.807) is 24.3 Å². The quantitative estimate of drug-likeness (QED) is 0.467. The molecule has 0 fully saturated rings. The summed E-state index contributed by atoms with van der Waals surface area (Å²) in [5.74, 6) is -0.333. The van der Waals surface area contributed by atoms with Gasteiger partial charge in [0.15, 0.2) is 0 Å². The molecule has 0 aliphatic carbocycles. The van der Waals surface area contributed by atoms with Gasteiger partial charge in [-0.3, -0.25) is 0 Å². The van der Waals surface area contributed by atoms with Gasteiger partial charge in [-0.25, -0.2) is 4.79 Å². The smallest absolute Gasteiger partial charge is 0.337 e. The molecular formula is C8H7O2S-. The van der Waals surface area contributed by atoms with Gasteiger partial charge in [0.1, 0.15) is 0 Å². The van der Waals surface area contributed by atoms with Crippen molar-refractivity contribution in [1.29, 1.82) is 0 Å². The molecule has 0 unspecified atom stereocenters. The zero-order chi connectivity index (χ0) is 8.27. The Bertz CT molecular complexity index is 253. The van der Waals surface area contributed by atoms with Crippen LogP contribution in [0.2, 0.25) is 0 Å². The predicted molar refractivity (Wildman–Crippen MR) is 43.4 cm³/mol. The van der Waals surface area contributed by atoms with Crippen molar-refractivity contribution < 1.29 is 9.53 Å². The van der Waals surface area contributed by atoms with Gasteiger partial charge in [-0.05, 0) is 12.1 Å². The molecule has 0 amide bonds. The molecule has 0 aromatic heterocycles. The van der Waals surface area contributed by atoms with Crippen LogP contribution in [-0.4, -0.2) is 13.1 Å². The van der Waals surface area contributed by atoms with Crippen LogP contribution in [0.3, 0.4) is 0 Å². The van der Waals surface area contributed by atoms with Crippen LogP contribution in [-0.2, 0) is 17.4 Å². The van der Waals surface area contributed by atoms with Gasteiger partial charge in [0, 0.05) is 0 Å². The second kappa shape index (κ2) is 3.34. The molecule has 58 valence electrons. The maximum absolute atomic E-state index is 10.9. The van der Waals surface area contributed by atoms with E-state index in [0.717, 1.165) is 4.90 Å². The number of hydrogen-bond acceptors (Lipinski definition) is 3. The summed E-state index contributed by atoms with van der Waals surface area (Å²) >= 11 is 4.84. The molecule has 3 heteroatoms. The molecule has 1 aromatic rings. The van der Waals surface area contributed by atoms with Crippen molar-refractivity contribution in [3.63, 3.8) is 0 Å². The Morgan fingerprint density at radius 1 is 1.36 bits per heavy atom. The molecule has 0 heterocycles. The standard InChI is InChI=1S/C8H8O2S/c1-10-8(9)6-2-4-7(11)5-3-6/h2-5,11H,1H3/p-1. The average Bonchev–Trinajstić information content (AvgIpc) is 2.05. The van der Waals surface area contributed by atoms with Crippen molar-refractivity contribution in [3.8, 4) is 0 Å². The van der Waals surface area contributed by atoms with Crippen molar-refractivity contribution >= 4 is 18.6 Å². The average molecular weight is 167 g/mol. The maximum atomic E-state index is 10.9. The van der Waals surface area contributed by atoms with Crippen LogP contribution in [0.25, 0.3) is 0 Å². The molecule has 1 rings (SSSR count). The molecule has 0 N–H and O–H groups in total. The van der Waals surface area contributed by atoms with Gasteiger partial charge < -0.3 is 17.4 Å². The number of rotatable bonds is 1. The fourth-order valence-corrected chi connectivity index (χ4v) is 0.845. The topological polar surface area (TPSA) is 26.3 Å². The summed E-state index contributed by atoms with van der Waals surface area (Å²) in [5, 5.41) is 0. The van der Waals surface area contributed by atoms with Crippen LogP contribution >= 0.6 is 0 Å². The predicted octanol–water partition coefficient (Wildman–Crippen LogP) is 1.38. The summed E-state index contributed by atoms with van der Waals surface area (Å²) in [5.41, 5.74) is 0.529. The number of ether oxygens (including phenoxy) is 1. The van der Waals surface area contributed by atoms with E-state index in [9.17, 15) is 4.79 Å². The second-order valence-electron chi connectivity index (χ2n) is 2.02. The third kappa shape index (κ3) is 1.91. The number of carbonyl (C=O) groups excluding carboxylic acids is 1. The van der Waals surface area contributed by atoms with Crippen molar-refractivity contribution in [3.05, 3.63) is 29.8 Å². The summed E-state index contributed by atoms with van der Waals surface area (Å²) < 4.78 is 4.50. The van der Waals surface area contributed by atoms with Crippen molar-refractivity contribution in [2.24, 2.45) is 0 Å². The van der Waals surface area contributed by atoms with E-state index in [0.29, 0.717) is 5.56 Å². The van der Waals surface area contributed by atoms with Crippen LogP contribution < -0.4 is 0 Å². The van der Waals surface area contributed by atoms with Gasteiger partial charge in [-0.15, -0.1) is 0 Å². The van der Waals surface area contributed by atoms with Gasteiger partial charge >= 0.3 is 5.97 Å². The van der Waals surface area contributed by atoms with Gasteiger partial charge in [-0.1, -0.05) is 12.1 Å². The SMILES string of the molecule is COC(=O)c1ccc([S-])cc1. The van der Waals surface area contributed by atoms with Crippen LogP contribution in [0.1, 0.15) is 10.4 Å². The molecule has 2 nitrogen and oxygen atoms in total. The lowest BCUT2D eigenvalue weighted by Gasteiger charge is -2.04. The summed E-state index contributed by atoms with van der Waals surface area (Å²) in [6.07, 6.45) is 0. The Morgan fingerprint density at radius 2 is 1.91 bits per heavy atom. The Morgan fingerprint density at radius 3 is 2.36 bits per heavy atom. The van der Waals surface area contributed by atoms with Crippen LogP contribution in [0.15, 0.2) is 29.2 Å². The molecule has 0 bridgehead atoms. The van der Waals surface area contributed by atoms with E-state index in [1.165, 1.54) is 7.11 Å². The van der Waals surface area contributed by atoms with Crippen LogP contribution in [0.5, 0.6) is 0 Å². The van der Waals surface area contributed by atoms with Crippen molar-refractivity contribution in [1.82, 2.24) is 0 Å². The monoisotopic (exact) mass is 167 g/mol. The number of esters is 1. The first-order chi connectivity index (χ1) is 5.24. The minimum atomic E-state index is -0.333. The highest BCUT2D eigenvalue weighted by Gasteiger charge is 2.00. The zero-order valence-electron chi connectivity index (χ0n) is 6.03. The van der Waals surface area contributed by atoms with E-state index in [-0.39, 0.29) is 5.97 Å². The fourth-order valence-electron chi connectivity index (χ4n) is 0.709. The molecule has 0 atom stereocenters. The first-order valence-corrected chi connectivity index (χ1v) is 3.50. The lowest BCUT2D eigenvalue weighted by atomic mass is 10.2. The zero-order valence-corrected chi connectivity index (χ0v) is 6.85. The Balaban J connectivity index is 2.90. The Labute approximate surface area is 70.6 Å². The molecule has 11 heavy (non-hydrogen) atoms. The molecule has 0 aliphatic heterocycles. The summed E-state index contributed by atoms with van der Waals surface area (Å²) in [7, 11) is 1.35. The Kier molecular flexibility index (Phi) is 2.44. The first-order valence-electron chi connectivity index (χ1n) is 3.09. The number of hydrogen-bond donors (Lipinski definition) is 0. The van der Waals surface area contributed by atoms with Crippen molar-refractivity contribution in [2.45, 2.75) is 4.90 Å². The highest BCUT2D eigenvalue weighted by Crippen LogP contribution is 2.03. The lowest BCUT2D eigenvalue weighted by molar-refractivity contribution is 0.0600. The van der Waals surface area contributed by atoms with E-state index >= 15 is 0 Å². The summed E-state index contributed by atoms with van der Waals surface area (Å²) in [6.45, 7) is 0. The molecular weight excluding hydrogens is 160 g/mol. The number of benzene rings is 1. The molecule has 0 saturated carbocycles. The summed E-state index contributed by atoms with van der Waals surface area (Å²) in [4.78, 5) is 11.6. The largest absolute Gasteiger partial charge is 0.780 e. The van der Waals surface area contributed by atoms with Crippen LogP contribution in [0.4, 0.5) is 0 Å². The lowest BCUT2D eigenvalue weighted by Crippen LogP contribution is -2.00. The fraction of sp³-hybridized carbons (Fsp3) is 0.125. The van der Waals surface area contributed by atoms with E-state index in [4.69, 9.17) is 12.6 Å². The molecule has 0 spiro atoms. The Hall–Kier alpha value is -1.09. The first kappa shape index (κ1) is 8.01. The van der Waals surface area contributed by atoms with Gasteiger partial charge in [0.25, 0.3) is 0 Å². The third-order valence-electron chi connectivity index (χ3n) is 1.28. The van der Waals surface area contributed by atoms with Gasteiger partial charge in [-0.2, -0.15) is 4.90 Å². The van der Waals surface area contributed by atoms with Crippen LogP contribution in [0, 0.1) is 0 Å². The minimum absolute atomic E-state index is 0.333. The normalized spacial score (nSPS) is 9.18. The molecule has 0 saturated heterocycles. The number of carbonyl (C=O) groups is 1. The van der Waals surface area contributed by atoms with Gasteiger partial charge in [0.05, 0.1) is 12.7 Å². The molecule has 0 radical (unpaired) electrons. The minimum Gasteiger partial charge on any atom is -0.780 e. The second-order valence-corrected chi connectivity index (χ2v) is 2.49. The van der Waals surface area contributed by atoms with Gasteiger partial charge in [0.2, 0.25) is 0 Å². The van der Waals surface area contributed by atoms with E-state index < -0.39 is 0 Å². The van der Waals surface area contributed by atoms with E-state index in [2.05, 4.69) is 4.74 Å². The molecule has 0 aliphatic rings. The summed E-state index contributed by atoms with van der Waals surface area (Å²) in [6, 6.07) is 6.69. The highest BCUT2D eigenvalue weighted by molar-refractivity contribution is 7.58. The molecule has 1 aromatic carbocycles. The maximum Gasteiger partial charge on any atom is 0.337 e.